The topological polar surface area (TPSA) is 69.7 Å². The van der Waals surface area contributed by atoms with E-state index in [4.69, 9.17) is 11.6 Å². The third kappa shape index (κ3) is 5.03. The molecular formula is C22H28ClN3O3S. The number of rotatable bonds is 9. The van der Waals surface area contributed by atoms with E-state index in [1.165, 1.54) is 0 Å². The molecule has 0 aliphatic carbocycles. The highest BCUT2D eigenvalue weighted by Crippen LogP contribution is 2.28. The van der Waals surface area contributed by atoms with Crippen LogP contribution in [0, 0.1) is 0 Å². The van der Waals surface area contributed by atoms with Gasteiger partial charge in [0.05, 0.1) is 4.90 Å². The van der Waals surface area contributed by atoms with Gasteiger partial charge in [0.2, 0.25) is 15.9 Å². The number of carbonyl (C=O) groups excluding carboxylic acids is 1. The Morgan fingerprint density at radius 1 is 1.10 bits per heavy atom. The van der Waals surface area contributed by atoms with Gasteiger partial charge in [0.15, 0.2) is 0 Å². The molecule has 3 rings (SSSR count). The van der Waals surface area contributed by atoms with E-state index in [-0.39, 0.29) is 23.4 Å². The van der Waals surface area contributed by atoms with Crippen LogP contribution in [0.25, 0.3) is 0 Å². The highest BCUT2D eigenvalue weighted by molar-refractivity contribution is 7.89. The van der Waals surface area contributed by atoms with Crippen molar-refractivity contribution in [2.24, 2.45) is 0 Å². The minimum Gasteiger partial charge on any atom is -0.312 e. The average molecular weight is 450 g/mol. The number of nitrogens with zero attached hydrogens (tertiary/aromatic N) is 2. The monoisotopic (exact) mass is 449 g/mol. The molecular weight excluding hydrogens is 422 g/mol. The van der Waals surface area contributed by atoms with E-state index in [1.54, 1.807) is 29.2 Å². The zero-order chi connectivity index (χ0) is 21.7. The summed E-state index contributed by atoms with van der Waals surface area (Å²) in [5.74, 6) is 0.0746. The van der Waals surface area contributed by atoms with Crippen molar-refractivity contribution in [2.45, 2.75) is 37.6 Å². The molecule has 0 unspecified atom stereocenters. The Kier molecular flexibility index (Phi) is 7.52. The molecule has 1 fully saturated rings. The zero-order valence-electron chi connectivity index (χ0n) is 17.3. The van der Waals surface area contributed by atoms with Crippen LogP contribution in [0.15, 0.2) is 53.4 Å². The lowest BCUT2D eigenvalue weighted by molar-refractivity contribution is -0.117. The van der Waals surface area contributed by atoms with Crippen LogP contribution < -0.4 is 9.62 Å². The first kappa shape index (κ1) is 22.7. The second-order valence-corrected chi connectivity index (χ2v) is 9.43. The molecule has 1 atom stereocenters. The second kappa shape index (κ2) is 9.92. The maximum Gasteiger partial charge on any atom is 0.240 e. The number of hydrogen-bond donors (Lipinski definition) is 1. The normalized spacial score (nSPS) is 15.7. The number of anilines is 1. The van der Waals surface area contributed by atoms with E-state index >= 15 is 0 Å². The maximum atomic E-state index is 12.9. The molecule has 30 heavy (non-hydrogen) atoms. The second-order valence-electron chi connectivity index (χ2n) is 7.25. The molecule has 0 bridgehead atoms. The van der Waals surface area contributed by atoms with Crippen molar-refractivity contribution in [3.63, 3.8) is 0 Å². The van der Waals surface area contributed by atoms with Crippen molar-refractivity contribution in [3.8, 4) is 0 Å². The number of sulfonamides is 1. The van der Waals surface area contributed by atoms with Crippen molar-refractivity contribution in [3.05, 3.63) is 59.1 Å². The van der Waals surface area contributed by atoms with Gasteiger partial charge in [0, 0.05) is 36.3 Å². The lowest BCUT2D eigenvalue weighted by Gasteiger charge is -2.30. The third-order valence-electron chi connectivity index (χ3n) is 5.52. The van der Waals surface area contributed by atoms with Crippen LogP contribution in [0.2, 0.25) is 5.02 Å². The van der Waals surface area contributed by atoms with Gasteiger partial charge in [-0.15, -0.1) is 0 Å². The fraction of sp³-hybridized carbons (Fsp3) is 0.409. The standard InChI is InChI=1S/C22H28ClN3O3S/c1-3-25(4-2)21(19-8-5-6-9-20(19)23)16-24-30(28,29)18-13-11-17(12-14-18)26-15-7-10-22(26)27/h5-6,8-9,11-14,21,24H,3-4,7,10,15-16H2,1-2H3/t21-/m0/s1. The number of carbonyl (C=O) groups is 1. The van der Waals surface area contributed by atoms with Gasteiger partial charge >= 0.3 is 0 Å². The van der Waals surface area contributed by atoms with E-state index in [2.05, 4.69) is 9.62 Å². The minimum absolute atomic E-state index is 0.0746. The van der Waals surface area contributed by atoms with Crippen LogP contribution in [0.5, 0.6) is 0 Å². The number of benzene rings is 2. The van der Waals surface area contributed by atoms with E-state index in [0.29, 0.717) is 18.0 Å². The molecule has 1 aliphatic heterocycles. The van der Waals surface area contributed by atoms with Crippen LogP contribution in [0.3, 0.4) is 0 Å². The van der Waals surface area contributed by atoms with Crippen LogP contribution in [0.1, 0.15) is 38.3 Å². The van der Waals surface area contributed by atoms with Gasteiger partial charge in [-0.05, 0) is 55.4 Å². The summed E-state index contributed by atoms with van der Waals surface area (Å²) in [5, 5.41) is 0.619. The highest BCUT2D eigenvalue weighted by Gasteiger charge is 2.25. The fourth-order valence-electron chi connectivity index (χ4n) is 3.84. The Balaban J connectivity index is 1.77. The van der Waals surface area contributed by atoms with E-state index in [0.717, 1.165) is 30.8 Å². The number of likely N-dealkylation sites (N-methyl/N-ethyl adjacent to an activating group) is 1. The molecule has 1 aliphatic rings. The predicted molar refractivity (Wildman–Crippen MR) is 120 cm³/mol. The largest absolute Gasteiger partial charge is 0.312 e. The van der Waals surface area contributed by atoms with Gasteiger partial charge in [-0.1, -0.05) is 43.6 Å². The van der Waals surface area contributed by atoms with Crippen molar-refractivity contribution in [1.82, 2.24) is 9.62 Å². The summed E-state index contributed by atoms with van der Waals surface area (Å²) >= 11 is 6.40. The van der Waals surface area contributed by atoms with Gasteiger partial charge in [-0.2, -0.15) is 0 Å². The molecule has 162 valence electrons. The van der Waals surface area contributed by atoms with E-state index in [9.17, 15) is 13.2 Å². The van der Waals surface area contributed by atoms with E-state index in [1.807, 2.05) is 38.1 Å². The lowest BCUT2D eigenvalue weighted by Crippen LogP contribution is -2.38. The molecule has 1 amide bonds. The molecule has 6 nitrogen and oxygen atoms in total. The van der Waals surface area contributed by atoms with Crippen molar-refractivity contribution in [1.29, 1.82) is 0 Å². The number of nitrogens with one attached hydrogen (secondary N) is 1. The fourth-order valence-corrected chi connectivity index (χ4v) is 5.14. The van der Waals surface area contributed by atoms with Gasteiger partial charge < -0.3 is 4.90 Å². The van der Waals surface area contributed by atoms with Crippen molar-refractivity contribution in [2.75, 3.05) is 31.1 Å². The average Bonchev–Trinajstić information content (AvgIpc) is 3.18. The molecule has 8 heteroatoms. The number of hydrogen-bond acceptors (Lipinski definition) is 4. The van der Waals surface area contributed by atoms with Gasteiger partial charge in [-0.25, -0.2) is 13.1 Å². The number of halogens is 1. The zero-order valence-corrected chi connectivity index (χ0v) is 18.9. The lowest BCUT2D eigenvalue weighted by atomic mass is 10.1. The molecule has 1 N–H and O–H groups in total. The Bertz CT molecular complexity index is 975. The Morgan fingerprint density at radius 2 is 1.77 bits per heavy atom. The predicted octanol–water partition coefficient (Wildman–Crippen LogP) is 3.83. The molecule has 2 aromatic rings. The number of amides is 1. The van der Waals surface area contributed by atoms with E-state index < -0.39 is 10.0 Å². The van der Waals surface area contributed by atoms with Gasteiger partial charge in [0.25, 0.3) is 0 Å². The summed E-state index contributed by atoms with van der Waals surface area (Å²) in [7, 11) is -3.70. The summed E-state index contributed by atoms with van der Waals surface area (Å²) in [6.07, 6.45) is 1.37. The van der Waals surface area contributed by atoms with Crippen LogP contribution in [-0.2, 0) is 14.8 Å². The summed E-state index contributed by atoms with van der Waals surface area (Å²) in [4.78, 5) is 15.9. The summed E-state index contributed by atoms with van der Waals surface area (Å²) in [6.45, 7) is 6.51. The molecule has 0 radical (unpaired) electrons. The summed E-state index contributed by atoms with van der Waals surface area (Å²) < 4.78 is 28.6. The molecule has 1 heterocycles. The smallest absolute Gasteiger partial charge is 0.240 e. The van der Waals surface area contributed by atoms with Gasteiger partial charge in [-0.3, -0.25) is 9.69 Å². The summed E-state index contributed by atoms with van der Waals surface area (Å²) in [5.41, 5.74) is 1.63. The first-order valence-electron chi connectivity index (χ1n) is 10.3. The Morgan fingerprint density at radius 3 is 2.33 bits per heavy atom. The van der Waals surface area contributed by atoms with Crippen molar-refractivity contribution < 1.29 is 13.2 Å². The van der Waals surface area contributed by atoms with Crippen LogP contribution in [0.4, 0.5) is 5.69 Å². The first-order chi connectivity index (χ1) is 14.4. The third-order valence-corrected chi connectivity index (χ3v) is 7.30. The minimum atomic E-state index is -3.70. The SMILES string of the molecule is CCN(CC)[C@@H](CNS(=O)(=O)c1ccc(N2CCCC2=O)cc1)c1ccccc1Cl. The molecule has 0 aromatic heterocycles. The maximum absolute atomic E-state index is 12.9. The molecule has 0 spiro atoms. The highest BCUT2D eigenvalue weighted by atomic mass is 35.5. The Labute approximate surface area is 183 Å². The molecule has 0 saturated carbocycles. The van der Waals surface area contributed by atoms with Crippen LogP contribution in [-0.4, -0.2) is 45.4 Å². The van der Waals surface area contributed by atoms with Crippen molar-refractivity contribution >= 4 is 33.2 Å². The summed E-state index contributed by atoms with van der Waals surface area (Å²) in [6, 6.07) is 13.8. The first-order valence-corrected chi connectivity index (χ1v) is 12.1. The molecule has 1 saturated heterocycles. The van der Waals surface area contributed by atoms with Crippen LogP contribution >= 0.6 is 11.6 Å². The molecule has 2 aromatic carbocycles. The quantitative estimate of drug-likeness (QED) is 0.631. The van der Waals surface area contributed by atoms with Gasteiger partial charge in [0.1, 0.15) is 0 Å². The Hall–Kier alpha value is -1.93.